The van der Waals surface area contributed by atoms with Crippen molar-refractivity contribution in [2.24, 2.45) is 5.73 Å². The summed E-state index contributed by atoms with van der Waals surface area (Å²) in [5, 5.41) is 8.53. The number of aliphatic carboxylic acids is 1. The quantitative estimate of drug-likeness (QED) is 0.772. The van der Waals surface area contributed by atoms with Gasteiger partial charge in [0.25, 0.3) is 0 Å². The Labute approximate surface area is 88.4 Å². The van der Waals surface area contributed by atoms with Crippen molar-refractivity contribution in [3.63, 3.8) is 0 Å². The summed E-state index contributed by atoms with van der Waals surface area (Å²) < 4.78 is 43.7. The smallest absolute Gasteiger partial charge is 0.325 e. The number of carboxylic acid groups (broad SMARTS) is 1. The molecule has 16 heavy (non-hydrogen) atoms. The van der Waals surface area contributed by atoms with Crippen LogP contribution in [0.15, 0.2) is 6.07 Å². The Balaban J connectivity index is 3.42. The zero-order chi connectivity index (χ0) is 12.5. The number of hydrogen-bond acceptors (Lipinski definition) is 3. The minimum absolute atomic E-state index is 0.395. The van der Waals surface area contributed by atoms with Gasteiger partial charge in [0.1, 0.15) is 6.04 Å². The number of ether oxygens (including phenoxy) is 1. The highest BCUT2D eigenvalue weighted by Gasteiger charge is 2.26. The Kier molecular flexibility index (Phi) is 3.38. The summed E-state index contributed by atoms with van der Waals surface area (Å²) in [4.78, 5) is 10.5. The molecule has 1 aromatic carbocycles. The molecule has 88 valence electrons. The van der Waals surface area contributed by atoms with Crippen LogP contribution in [-0.2, 0) is 4.79 Å². The van der Waals surface area contributed by atoms with E-state index in [0.29, 0.717) is 6.07 Å². The number of nitrogens with two attached hydrogens (primary N) is 1. The van der Waals surface area contributed by atoms with Gasteiger partial charge in [-0.1, -0.05) is 0 Å². The van der Waals surface area contributed by atoms with Gasteiger partial charge in [0.05, 0.1) is 7.11 Å². The van der Waals surface area contributed by atoms with Gasteiger partial charge < -0.3 is 15.6 Å². The van der Waals surface area contributed by atoms with Gasteiger partial charge in [-0.05, 0) is 6.07 Å². The third-order valence-corrected chi connectivity index (χ3v) is 1.95. The number of benzene rings is 1. The summed E-state index contributed by atoms with van der Waals surface area (Å²) in [5.41, 5.74) is 4.42. The molecule has 0 saturated carbocycles. The molecule has 7 heteroatoms. The van der Waals surface area contributed by atoms with Crippen LogP contribution in [0.2, 0.25) is 0 Å². The van der Waals surface area contributed by atoms with Crippen LogP contribution in [-0.4, -0.2) is 18.2 Å². The molecule has 0 aliphatic carbocycles. The highest BCUT2D eigenvalue weighted by Crippen LogP contribution is 2.29. The van der Waals surface area contributed by atoms with E-state index < -0.39 is 40.8 Å². The summed E-state index contributed by atoms with van der Waals surface area (Å²) in [5.74, 6) is -6.83. The highest BCUT2D eigenvalue weighted by atomic mass is 19.2. The normalized spacial score (nSPS) is 12.3. The Bertz CT molecular complexity index is 436. The molecule has 0 fully saturated rings. The average Bonchev–Trinajstić information content (AvgIpc) is 2.23. The first-order valence-electron chi connectivity index (χ1n) is 4.10. The second kappa shape index (κ2) is 4.40. The van der Waals surface area contributed by atoms with Crippen molar-refractivity contribution in [2.45, 2.75) is 6.04 Å². The van der Waals surface area contributed by atoms with Gasteiger partial charge in [-0.15, -0.1) is 0 Å². The van der Waals surface area contributed by atoms with Gasteiger partial charge in [0, 0.05) is 5.56 Å². The number of halogens is 3. The summed E-state index contributed by atoms with van der Waals surface area (Å²) in [6.07, 6.45) is 0. The lowest BCUT2D eigenvalue weighted by Crippen LogP contribution is -2.22. The maximum atomic E-state index is 13.4. The first-order chi connectivity index (χ1) is 7.40. The van der Waals surface area contributed by atoms with E-state index in [4.69, 9.17) is 10.8 Å². The predicted octanol–water partition coefficient (Wildman–Crippen LogP) is 1.20. The molecule has 3 N–H and O–H groups in total. The van der Waals surface area contributed by atoms with E-state index in [1.165, 1.54) is 0 Å². The van der Waals surface area contributed by atoms with Crippen molar-refractivity contribution in [1.82, 2.24) is 0 Å². The lowest BCUT2D eigenvalue weighted by molar-refractivity contribution is -0.138. The number of methoxy groups -OCH3 is 1. The molecular formula is C9H8F3NO3. The van der Waals surface area contributed by atoms with Crippen LogP contribution in [0.25, 0.3) is 0 Å². The molecule has 1 rings (SSSR count). The van der Waals surface area contributed by atoms with Crippen LogP contribution in [0.4, 0.5) is 13.2 Å². The van der Waals surface area contributed by atoms with Gasteiger partial charge in [-0.3, -0.25) is 4.79 Å². The molecule has 1 unspecified atom stereocenters. The van der Waals surface area contributed by atoms with Crippen LogP contribution >= 0.6 is 0 Å². The number of rotatable bonds is 3. The second-order valence-electron chi connectivity index (χ2n) is 2.92. The predicted molar refractivity (Wildman–Crippen MR) is 47.4 cm³/mol. The first-order valence-corrected chi connectivity index (χ1v) is 4.10. The zero-order valence-electron chi connectivity index (χ0n) is 8.13. The Morgan fingerprint density at radius 3 is 2.44 bits per heavy atom. The summed E-state index contributed by atoms with van der Waals surface area (Å²) >= 11 is 0. The summed E-state index contributed by atoms with van der Waals surface area (Å²) in [6.45, 7) is 0. The van der Waals surface area contributed by atoms with E-state index in [0.717, 1.165) is 7.11 Å². The maximum Gasteiger partial charge on any atom is 0.325 e. The zero-order valence-corrected chi connectivity index (χ0v) is 8.13. The fourth-order valence-corrected chi connectivity index (χ4v) is 1.14. The summed E-state index contributed by atoms with van der Waals surface area (Å²) in [6, 6.07) is -1.39. The molecule has 1 atom stereocenters. The van der Waals surface area contributed by atoms with Crippen molar-refractivity contribution >= 4 is 5.97 Å². The van der Waals surface area contributed by atoms with Crippen molar-refractivity contribution in [3.05, 3.63) is 29.1 Å². The highest BCUT2D eigenvalue weighted by molar-refractivity contribution is 5.75. The molecular weight excluding hydrogens is 227 g/mol. The van der Waals surface area contributed by atoms with E-state index in [9.17, 15) is 18.0 Å². The standard InChI is InChI=1S/C9H8F3NO3/c1-16-8-5(11)3(7(13)9(14)15)2-4(10)6(8)12/h2,7H,13H2,1H3,(H,14,15). The summed E-state index contributed by atoms with van der Waals surface area (Å²) in [7, 11) is 0.928. The van der Waals surface area contributed by atoms with E-state index in [2.05, 4.69) is 4.74 Å². The largest absolute Gasteiger partial charge is 0.491 e. The number of hydrogen-bond donors (Lipinski definition) is 2. The van der Waals surface area contributed by atoms with Gasteiger partial charge in [-0.25, -0.2) is 8.78 Å². The van der Waals surface area contributed by atoms with Crippen LogP contribution < -0.4 is 10.5 Å². The maximum absolute atomic E-state index is 13.4. The van der Waals surface area contributed by atoms with E-state index in [1.54, 1.807) is 0 Å². The van der Waals surface area contributed by atoms with Crippen molar-refractivity contribution in [3.8, 4) is 5.75 Å². The van der Waals surface area contributed by atoms with Gasteiger partial charge in [-0.2, -0.15) is 4.39 Å². The van der Waals surface area contributed by atoms with E-state index in [-0.39, 0.29) is 0 Å². The molecule has 0 saturated heterocycles. The van der Waals surface area contributed by atoms with Crippen molar-refractivity contribution in [1.29, 1.82) is 0 Å². The SMILES string of the molecule is COc1c(F)c(F)cc(C(N)C(=O)O)c1F. The molecule has 0 aliphatic heterocycles. The van der Waals surface area contributed by atoms with Crippen LogP contribution in [0.5, 0.6) is 5.75 Å². The molecule has 0 radical (unpaired) electrons. The minimum atomic E-state index is -1.79. The van der Waals surface area contributed by atoms with Gasteiger partial charge >= 0.3 is 5.97 Å². The van der Waals surface area contributed by atoms with Crippen molar-refractivity contribution < 1.29 is 27.8 Å². The monoisotopic (exact) mass is 235 g/mol. The molecule has 0 aromatic heterocycles. The lowest BCUT2D eigenvalue weighted by atomic mass is 10.1. The van der Waals surface area contributed by atoms with Crippen LogP contribution in [0.3, 0.4) is 0 Å². The van der Waals surface area contributed by atoms with Crippen molar-refractivity contribution in [2.75, 3.05) is 7.11 Å². The Hall–Kier alpha value is -1.76. The third kappa shape index (κ3) is 1.94. The number of carboxylic acids is 1. The van der Waals surface area contributed by atoms with E-state index in [1.807, 2.05) is 0 Å². The topological polar surface area (TPSA) is 72.5 Å². The Morgan fingerprint density at radius 1 is 1.44 bits per heavy atom. The molecule has 0 amide bonds. The minimum Gasteiger partial charge on any atom is -0.491 e. The first kappa shape index (κ1) is 12.3. The Morgan fingerprint density at radius 2 is 2.00 bits per heavy atom. The molecule has 4 nitrogen and oxygen atoms in total. The second-order valence-corrected chi connectivity index (χ2v) is 2.92. The fraction of sp³-hybridized carbons (Fsp3) is 0.222. The fourth-order valence-electron chi connectivity index (χ4n) is 1.14. The number of carbonyl (C=O) groups is 1. The molecule has 0 bridgehead atoms. The van der Waals surface area contributed by atoms with E-state index >= 15 is 0 Å². The third-order valence-electron chi connectivity index (χ3n) is 1.95. The molecule has 0 aliphatic rings. The average molecular weight is 235 g/mol. The lowest BCUT2D eigenvalue weighted by Gasteiger charge is -2.12. The molecule has 1 aromatic rings. The molecule has 0 spiro atoms. The van der Waals surface area contributed by atoms with Gasteiger partial charge in [0.2, 0.25) is 5.82 Å². The van der Waals surface area contributed by atoms with Gasteiger partial charge in [0.15, 0.2) is 17.4 Å². The van der Waals surface area contributed by atoms with Crippen LogP contribution in [0, 0.1) is 17.5 Å². The molecule has 0 heterocycles. The van der Waals surface area contributed by atoms with Crippen LogP contribution in [0.1, 0.15) is 11.6 Å².